The Bertz CT molecular complexity index is 208. The molecule has 60 valence electrons. The van der Waals surface area contributed by atoms with Crippen LogP contribution in [-0.4, -0.2) is 22.1 Å². The van der Waals surface area contributed by atoms with Crippen molar-refractivity contribution in [2.75, 3.05) is 0 Å². The van der Waals surface area contributed by atoms with Gasteiger partial charge in [0, 0.05) is 12.4 Å². The van der Waals surface area contributed by atoms with Gasteiger partial charge in [0.25, 0.3) is 6.47 Å². The molecule has 4 nitrogen and oxygen atoms in total. The highest BCUT2D eigenvalue weighted by Gasteiger charge is 2.00. The summed E-state index contributed by atoms with van der Waals surface area (Å²) in [5.74, 6) is 0. The minimum Gasteiger partial charge on any atom is -0.463 e. The first-order chi connectivity index (χ1) is 5.33. The summed E-state index contributed by atoms with van der Waals surface area (Å²) >= 11 is 0. The number of rotatable bonds is 4. The molecule has 0 aliphatic heterocycles. The molecule has 0 bridgehead atoms. The van der Waals surface area contributed by atoms with E-state index in [1.54, 1.807) is 12.5 Å². The fourth-order valence-corrected chi connectivity index (χ4v) is 0.829. The van der Waals surface area contributed by atoms with Gasteiger partial charge in [0.05, 0.1) is 12.9 Å². The summed E-state index contributed by atoms with van der Waals surface area (Å²) < 4.78 is 6.54. The molecule has 0 aliphatic rings. The highest BCUT2D eigenvalue weighted by Crippen LogP contribution is 1.94. The second-order valence-corrected chi connectivity index (χ2v) is 2.30. The van der Waals surface area contributed by atoms with Crippen LogP contribution in [0.2, 0.25) is 0 Å². The van der Waals surface area contributed by atoms with Gasteiger partial charge in [-0.15, -0.1) is 0 Å². The monoisotopic (exact) mass is 154 g/mol. The Morgan fingerprint density at radius 3 is 3.18 bits per heavy atom. The molecule has 0 aliphatic carbocycles. The van der Waals surface area contributed by atoms with Crippen LogP contribution in [0.25, 0.3) is 0 Å². The minimum absolute atomic E-state index is 0.0956. The van der Waals surface area contributed by atoms with Crippen LogP contribution in [0.3, 0.4) is 0 Å². The maximum Gasteiger partial charge on any atom is 0.293 e. The Hall–Kier alpha value is -1.32. The molecule has 0 unspecified atom stereocenters. The molecule has 0 amide bonds. The SMILES string of the molecule is C[C@@H](Cn1ccnc1)OC=O. The smallest absolute Gasteiger partial charge is 0.293 e. The van der Waals surface area contributed by atoms with E-state index in [0.29, 0.717) is 13.0 Å². The third-order valence-corrected chi connectivity index (χ3v) is 1.31. The number of imidazole rings is 1. The van der Waals surface area contributed by atoms with Gasteiger partial charge in [-0.2, -0.15) is 0 Å². The Morgan fingerprint density at radius 1 is 1.82 bits per heavy atom. The second kappa shape index (κ2) is 3.75. The summed E-state index contributed by atoms with van der Waals surface area (Å²) in [6.07, 6.45) is 5.10. The largest absolute Gasteiger partial charge is 0.463 e. The van der Waals surface area contributed by atoms with E-state index in [-0.39, 0.29) is 6.10 Å². The van der Waals surface area contributed by atoms with Crippen molar-refractivity contribution in [1.82, 2.24) is 9.55 Å². The normalized spacial score (nSPS) is 12.5. The van der Waals surface area contributed by atoms with Gasteiger partial charge in [-0.25, -0.2) is 4.98 Å². The lowest BCUT2D eigenvalue weighted by atomic mass is 10.4. The van der Waals surface area contributed by atoms with Crippen molar-refractivity contribution in [3.8, 4) is 0 Å². The van der Waals surface area contributed by atoms with Crippen molar-refractivity contribution in [3.05, 3.63) is 18.7 Å². The lowest BCUT2D eigenvalue weighted by Gasteiger charge is -2.08. The van der Waals surface area contributed by atoms with E-state index < -0.39 is 0 Å². The lowest BCUT2D eigenvalue weighted by Crippen LogP contribution is -2.14. The second-order valence-electron chi connectivity index (χ2n) is 2.30. The van der Waals surface area contributed by atoms with Crippen molar-refractivity contribution in [1.29, 1.82) is 0 Å². The van der Waals surface area contributed by atoms with Gasteiger partial charge in [0.2, 0.25) is 0 Å². The van der Waals surface area contributed by atoms with E-state index in [1.807, 2.05) is 17.7 Å². The van der Waals surface area contributed by atoms with Gasteiger partial charge in [-0.05, 0) is 6.92 Å². The molecule has 1 rings (SSSR count). The van der Waals surface area contributed by atoms with Crippen LogP contribution in [0.4, 0.5) is 0 Å². The summed E-state index contributed by atoms with van der Waals surface area (Å²) in [7, 11) is 0. The number of nitrogens with zero attached hydrogens (tertiary/aromatic N) is 2. The van der Waals surface area contributed by atoms with Crippen LogP contribution in [0, 0.1) is 0 Å². The average Bonchev–Trinajstić information content (AvgIpc) is 2.40. The van der Waals surface area contributed by atoms with Gasteiger partial charge >= 0.3 is 0 Å². The van der Waals surface area contributed by atoms with Gasteiger partial charge in [-0.1, -0.05) is 0 Å². The molecule has 0 aromatic carbocycles. The molecule has 0 saturated carbocycles. The molecule has 0 spiro atoms. The van der Waals surface area contributed by atoms with Crippen molar-refractivity contribution in [2.45, 2.75) is 19.6 Å². The van der Waals surface area contributed by atoms with Gasteiger partial charge in [0.1, 0.15) is 6.10 Å². The van der Waals surface area contributed by atoms with E-state index >= 15 is 0 Å². The maximum absolute atomic E-state index is 9.90. The predicted molar refractivity (Wildman–Crippen MR) is 38.8 cm³/mol. The quantitative estimate of drug-likeness (QED) is 0.591. The zero-order chi connectivity index (χ0) is 8.10. The van der Waals surface area contributed by atoms with Crippen molar-refractivity contribution in [3.63, 3.8) is 0 Å². The summed E-state index contributed by atoms with van der Waals surface area (Å²) in [6.45, 7) is 2.94. The first kappa shape index (κ1) is 7.78. The molecule has 0 fully saturated rings. The Balaban J connectivity index is 2.37. The third kappa shape index (κ3) is 2.41. The zero-order valence-electron chi connectivity index (χ0n) is 6.30. The van der Waals surface area contributed by atoms with Crippen LogP contribution in [0.5, 0.6) is 0 Å². The fourth-order valence-electron chi connectivity index (χ4n) is 0.829. The molecule has 4 heteroatoms. The molecule has 1 aromatic heterocycles. The number of carbonyl (C=O) groups is 1. The standard InChI is InChI=1S/C7H10N2O2/c1-7(11-6-10)4-9-3-2-8-5-9/h2-3,5-7H,4H2,1H3/t7-/m0/s1. The molecule has 1 heterocycles. The van der Waals surface area contributed by atoms with Crippen LogP contribution in [-0.2, 0) is 16.1 Å². The number of carbonyl (C=O) groups excluding carboxylic acids is 1. The van der Waals surface area contributed by atoms with Gasteiger partial charge < -0.3 is 9.30 Å². The van der Waals surface area contributed by atoms with E-state index in [2.05, 4.69) is 9.72 Å². The topological polar surface area (TPSA) is 44.1 Å². The van der Waals surface area contributed by atoms with E-state index in [4.69, 9.17) is 0 Å². The number of aromatic nitrogens is 2. The molecule has 0 N–H and O–H groups in total. The zero-order valence-corrected chi connectivity index (χ0v) is 6.30. The van der Waals surface area contributed by atoms with Crippen LogP contribution >= 0.6 is 0 Å². The third-order valence-electron chi connectivity index (χ3n) is 1.31. The van der Waals surface area contributed by atoms with Crippen LogP contribution in [0.1, 0.15) is 6.92 Å². The summed E-state index contributed by atoms with van der Waals surface area (Å²) in [4.78, 5) is 13.8. The summed E-state index contributed by atoms with van der Waals surface area (Å²) in [6, 6.07) is 0. The van der Waals surface area contributed by atoms with Crippen LogP contribution < -0.4 is 0 Å². The molecule has 1 aromatic rings. The summed E-state index contributed by atoms with van der Waals surface area (Å²) in [5, 5.41) is 0. The van der Waals surface area contributed by atoms with Crippen molar-refractivity contribution < 1.29 is 9.53 Å². The first-order valence-corrected chi connectivity index (χ1v) is 3.38. The number of hydrogen-bond acceptors (Lipinski definition) is 3. The average molecular weight is 154 g/mol. The Labute approximate surface area is 64.8 Å². The molecular formula is C7H10N2O2. The highest BCUT2D eigenvalue weighted by molar-refractivity contribution is 5.37. The maximum atomic E-state index is 9.90. The van der Waals surface area contributed by atoms with Gasteiger partial charge in [0.15, 0.2) is 0 Å². The van der Waals surface area contributed by atoms with Crippen LogP contribution in [0.15, 0.2) is 18.7 Å². The van der Waals surface area contributed by atoms with E-state index in [9.17, 15) is 4.79 Å². The van der Waals surface area contributed by atoms with Crippen molar-refractivity contribution in [2.24, 2.45) is 0 Å². The number of hydrogen-bond donors (Lipinski definition) is 0. The molecule has 0 saturated heterocycles. The molecular weight excluding hydrogens is 144 g/mol. The lowest BCUT2D eigenvalue weighted by molar-refractivity contribution is -0.133. The fraction of sp³-hybridized carbons (Fsp3) is 0.429. The molecule has 0 radical (unpaired) electrons. The Kier molecular flexibility index (Phi) is 2.66. The predicted octanol–water partition coefficient (Wildman–Crippen LogP) is 0.445. The summed E-state index contributed by atoms with van der Waals surface area (Å²) in [5.41, 5.74) is 0. The first-order valence-electron chi connectivity index (χ1n) is 3.38. The van der Waals surface area contributed by atoms with Crippen molar-refractivity contribution >= 4 is 6.47 Å². The number of ether oxygens (including phenoxy) is 1. The Morgan fingerprint density at radius 2 is 2.64 bits per heavy atom. The molecule has 11 heavy (non-hydrogen) atoms. The van der Waals surface area contributed by atoms with E-state index in [1.165, 1.54) is 0 Å². The highest BCUT2D eigenvalue weighted by atomic mass is 16.5. The minimum atomic E-state index is -0.0956. The van der Waals surface area contributed by atoms with Gasteiger partial charge in [-0.3, -0.25) is 4.79 Å². The molecule has 1 atom stereocenters. The van der Waals surface area contributed by atoms with E-state index in [0.717, 1.165) is 0 Å².